The highest BCUT2D eigenvalue weighted by Crippen LogP contribution is 1.86. The van der Waals surface area contributed by atoms with E-state index in [0.717, 1.165) is 13.1 Å². The molecule has 0 rings (SSSR count). The zero-order chi connectivity index (χ0) is 8.69. The molecule has 0 aliphatic rings. The number of nitrogens with zero attached hydrogens (tertiary/aromatic N) is 1. The van der Waals surface area contributed by atoms with Gasteiger partial charge in [-0.2, -0.15) is 0 Å². The summed E-state index contributed by atoms with van der Waals surface area (Å²) in [7, 11) is 1.39. The first-order valence-electron chi connectivity index (χ1n) is 3.73. The summed E-state index contributed by atoms with van der Waals surface area (Å²) in [5.41, 5.74) is 5.33. The molecule has 0 fully saturated rings. The van der Waals surface area contributed by atoms with Gasteiger partial charge in [-0.25, -0.2) is 0 Å². The van der Waals surface area contributed by atoms with Gasteiger partial charge >= 0.3 is 5.97 Å². The molecule has 66 valence electrons. The number of rotatable bonds is 5. The van der Waals surface area contributed by atoms with Crippen molar-refractivity contribution >= 4 is 5.97 Å². The Bertz CT molecular complexity index is 117. The summed E-state index contributed by atoms with van der Waals surface area (Å²) < 4.78 is 4.51. The van der Waals surface area contributed by atoms with E-state index in [1.807, 2.05) is 11.8 Å². The molecule has 0 unspecified atom stereocenters. The van der Waals surface area contributed by atoms with Gasteiger partial charge in [-0.15, -0.1) is 0 Å². The van der Waals surface area contributed by atoms with Crippen molar-refractivity contribution in [2.75, 3.05) is 33.3 Å². The lowest BCUT2D eigenvalue weighted by Crippen LogP contribution is -2.34. The van der Waals surface area contributed by atoms with Crippen LogP contribution in [0.2, 0.25) is 0 Å². The van der Waals surface area contributed by atoms with E-state index in [2.05, 4.69) is 4.74 Å². The smallest absolute Gasteiger partial charge is 0.319 e. The molecule has 0 atom stereocenters. The molecule has 0 radical (unpaired) electrons. The van der Waals surface area contributed by atoms with E-state index in [-0.39, 0.29) is 5.97 Å². The maximum Gasteiger partial charge on any atom is 0.319 e. The number of likely N-dealkylation sites (N-methyl/N-ethyl adjacent to an activating group) is 1. The van der Waals surface area contributed by atoms with Crippen molar-refractivity contribution in [3.8, 4) is 0 Å². The lowest BCUT2D eigenvalue weighted by atomic mass is 10.4. The number of carbonyl (C=O) groups excluding carboxylic acids is 1. The largest absolute Gasteiger partial charge is 0.468 e. The molecule has 4 heteroatoms. The van der Waals surface area contributed by atoms with Crippen LogP contribution in [0, 0.1) is 0 Å². The van der Waals surface area contributed by atoms with Gasteiger partial charge in [0, 0.05) is 13.1 Å². The zero-order valence-electron chi connectivity index (χ0n) is 7.17. The number of methoxy groups -OCH3 is 1. The van der Waals surface area contributed by atoms with Crippen LogP contribution >= 0.6 is 0 Å². The van der Waals surface area contributed by atoms with Gasteiger partial charge in [0.1, 0.15) is 0 Å². The van der Waals surface area contributed by atoms with Crippen LogP contribution < -0.4 is 5.73 Å². The summed E-state index contributed by atoms with van der Waals surface area (Å²) in [6.45, 7) is 4.46. The normalized spacial score (nSPS) is 10.2. The van der Waals surface area contributed by atoms with Crippen molar-refractivity contribution in [1.29, 1.82) is 0 Å². The van der Waals surface area contributed by atoms with Gasteiger partial charge < -0.3 is 10.5 Å². The highest BCUT2D eigenvalue weighted by Gasteiger charge is 2.06. The van der Waals surface area contributed by atoms with Gasteiger partial charge in [-0.1, -0.05) is 6.92 Å². The van der Waals surface area contributed by atoms with Crippen LogP contribution in [0.15, 0.2) is 0 Å². The van der Waals surface area contributed by atoms with E-state index >= 15 is 0 Å². The summed E-state index contributed by atoms with van der Waals surface area (Å²) >= 11 is 0. The molecule has 0 aliphatic carbocycles. The first-order chi connectivity index (χ1) is 5.24. The van der Waals surface area contributed by atoms with Crippen molar-refractivity contribution in [2.45, 2.75) is 6.92 Å². The summed E-state index contributed by atoms with van der Waals surface area (Å²) in [5.74, 6) is -0.208. The second-order valence-electron chi connectivity index (χ2n) is 2.23. The summed E-state index contributed by atoms with van der Waals surface area (Å²) in [4.78, 5) is 12.7. The third-order valence-electron chi connectivity index (χ3n) is 1.47. The molecule has 0 saturated heterocycles. The average Bonchev–Trinajstić information content (AvgIpc) is 2.03. The Hall–Kier alpha value is -0.610. The monoisotopic (exact) mass is 160 g/mol. The fourth-order valence-electron chi connectivity index (χ4n) is 0.779. The molecular weight excluding hydrogens is 144 g/mol. The molecule has 0 aromatic carbocycles. The van der Waals surface area contributed by atoms with Crippen molar-refractivity contribution in [3.63, 3.8) is 0 Å². The van der Waals surface area contributed by atoms with Gasteiger partial charge in [0.15, 0.2) is 0 Å². The first kappa shape index (κ1) is 10.4. The van der Waals surface area contributed by atoms with Crippen LogP contribution in [0.4, 0.5) is 0 Å². The molecule has 0 heterocycles. The molecule has 0 aromatic heterocycles. The molecule has 0 aliphatic heterocycles. The van der Waals surface area contributed by atoms with E-state index in [1.165, 1.54) is 7.11 Å². The fourth-order valence-corrected chi connectivity index (χ4v) is 0.779. The van der Waals surface area contributed by atoms with E-state index in [0.29, 0.717) is 13.1 Å². The fraction of sp³-hybridized carbons (Fsp3) is 0.857. The SMILES string of the molecule is CCN(CCN)CC(=O)OC. The van der Waals surface area contributed by atoms with E-state index in [9.17, 15) is 4.79 Å². The second kappa shape index (κ2) is 6.12. The third kappa shape index (κ3) is 4.75. The predicted octanol–water partition coefficient (Wildman–Crippen LogP) is -0.560. The Kier molecular flexibility index (Phi) is 5.78. The van der Waals surface area contributed by atoms with Crippen LogP contribution in [-0.4, -0.2) is 44.2 Å². The van der Waals surface area contributed by atoms with Crippen molar-refractivity contribution in [1.82, 2.24) is 4.90 Å². The number of nitrogens with two attached hydrogens (primary N) is 1. The Morgan fingerprint density at radius 2 is 2.27 bits per heavy atom. The summed E-state index contributed by atoms with van der Waals surface area (Å²) in [6.07, 6.45) is 0. The topological polar surface area (TPSA) is 55.6 Å². The zero-order valence-corrected chi connectivity index (χ0v) is 7.17. The maximum absolute atomic E-state index is 10.8. The van der Waals surface area contributed by atoms with Crippen LogP contribution in [-0.2, 0) is 9.53 Å². The molecule has 2 N–H and O–H groups in total. The summed E-state index contributed by atoms with van der Waals surface area (Å²) in [6, 6.07) is 0. The minimum absolute atomic E-state index is 0.208. The highest BCUT2D eigenvalue weighted by atomic mass is 16.5. The standard InChI is InChI=1S/C7H16N2O2/c1-3-9(5-4-8)6-7(10)11-2/h3-6,8H2,1-2H3. The van der Waals surface area contributed by atoms with E-state index in [1.54, 1.807) is 0 Å². The van der Waals surface area contributed by atoms with Crippen LogP contribution in [0.5, 0.6) is 0 Å². The Labute approximate surface area is 67.3 Å². The van der Waals surface area contributed by atoms with Crippen LogP contribution in [0.3, 0.4) is 0 Å². The number of hydrogen-bond acceptors (Lipinski definition) is 4. The molecule has 0 aromatic rings. The quantitative estimate of drug-likeness (QED) is 0.548. The minimum atomic E-state index is -0.208. The molecule has 0 amide bonds. The van der Waals surface area contributed by atoms with Gasteiger partial charge in [-0.3, -0.25) is 9.69 Å². The average molecular weight is 160 g/mol. The van der Waals surface area contributed by atoms with Crippen molar-refractivity contribution in [2.24, 2.45) is 5.73 Å². The van der Waals surface area contributed by atoms with Crippen LogP contribution in [0.25, 0.3) is 0 Å². The minimum Gasteiger partial charge on any atom is -0.468 e. The predicted molar refractivity (Wildman–Crippen MR) is 43.2 cm³/mol. The van der Waals surface area contributed by atoms with Gasteiger partial charge in [0.05, 0.1) is 13.7 Å². The van der Waals surface area contributed by atoms with Gasteiger partial charge in [0.25, 0.3) is 0 Å². The van der Waals surface area contributed by atoms with E-state index < -0.39 is 0 Å². The van der Waals surface area contributed by atoms with Gasteiger partial charge in [0.2, 0.25) is 0 Å². The molecular formula is C7H16N2O2. The molecule has 11 heavy (non-hydrogen) atoms. The number of hydrogen-bond donors (Lipinski definition) is 1. The van der Waals surface area contributed by atoms with Crippen LogP contribution in [0.1, 0.15) is 6.92 Å². The number of carbonyl (C=O) groups is 1. The Morgan fingerprint density at radius 1 is 1.64 bits per heavy atom. The lowest BCUT2D eigenvalue weighted by Gasteiger charge is -2.16. The molecule has 0 bridgehead atoms. The third-order valence-corrected chi connectivity index (χ3v) is 1.47. The van der Waals surface area contributed by atoms with Crippen molar-refractivity contribution < 1.29 is 9.53 Å². The van der Waals surface area contributed by atoms with Gasteiger partial charge in [-0.05, 0) is 6.54 Å². The first-order valence-corrected chi connectivity index (χ1v) is 3.73. The Morgan fingerprint density at radius 3 is 2.64 bits per heavy atom. The second-order valence-corrected chi connectivity index (χ2v) is 2.23. The summed E-state index contributed by atoms with van der Waals surface area (Å²) in [5, 5.41) is 0. The highest BCUT2D eigenvalue weighted by molar-refractivity contribution is 5.71. The number of esters is 1. The molecule has 0 saturated carbocycles. The number of ether oxygens (including phenoxy) is 1. The van der Waals surface area contributed by atoms with E-state index in [4.69, 9.17) is 5.73 Å². The van der Waals surface area contributed by atoms with Crippen molar-refractivity contribution in [3.05, 3.63) is 0 Å². The molecule has 4 nitrogen and oxygen atoms in total. The lowest BCUT2D eigenvalue weighted by molar-refractivity contribution is -0.141. The molecule has 0 spiro atoms. The maximum atomic E-state index is 10.8. The Balaban J connectivity index is 3.58.